The van der Waals surface area contributed by atoms with E-state index in [-0.39, 0.29) is 5.41 Å². The molecule has 2 saturated carbocycles. The van der Waals surface area contributed by atoms with Crippen molar-refractivity contribution < 1.29 is 23.9 Å². The summed E-state index contributed by atoms with van der Waals surface area (Å²) in [5.41, 5.74) is 3.03. The van der Waals surface area contributed by atoms with Crippen molar-refractivity contribution in [2.24, 2.45) is 17.3 Å². The van der Waals surface area contributed by atoms with Crippen molar-refractivity contribution in [3.63, 3.8) is 0 Å². The molecule has 4 atom stereocenters. The van der Waals surface area contributed by atoms with Crippen LogP contribution in [-0.2, 0) is 20.7 Å². The number of amides is 1. The third kappa shape index (κ3) is 4.64. The van der Waals surface area contributed by atoms with Crippen molar-refractivity contribution in [3.05, 3.63) is 34.9 Å². The van der Waals surface area contributed by atoms with E-state index in [1.807, 2.05) is 13.0 Å². The molecular formula is C28H37NO5. The molecule has 3 aliphatic rings. The van der Waals surface area contributed by atoms with Crippen molar-refractivity contribution in [1.29, 1.82) is 0 Å². The van der Waals surface area contributed by atoms with Gasteiger partial charge in [0.15, 0.2) is 0 Å². The summed E-state index contributed by atoms with van der Waals surface area (Å²) in [6.45, 7) is 4.63. The van der Waals surface area contributed by atoms with E-state index in [0.29, 0.717) is 47.9 Å². The maximum Gasteiger partial charge on any atom is 0.414 e. The summed E-state index contributed by atoms with van der Waals surface area (Å²) in [4.78, 5) is 38.5. The van der Waals surface area contributed by atoms with Gasteiger partial charge in [0.05, 0.1) is 6.61 Å². The Balaban J connectivity index is 1.64. The molecule has 1 amide bonds. The lowest BCUT2D eigenvalue weighted by Crippen LogP contribution is -2.42. The van der Waals surface area contributed by atoms with Gasteiger partial charge in [-0.3, -0.25) is 4.79 Å². The van der Waals surface area contributed by atoms with E-state index < -0.39 is 12.1 Å². The molecule has 34 heavy (non-hydrogen) atoms. The quantitative estimate of drug-likeness (QED) is 0.312. The fourth-order valence-electron chi connectivity index (χ4n) is 6.31. The lowest BCUT2D eigenvalue weighted by Gasteiger charge is -2.48. The predicted molar refractivity (Wildman–Crippen MR) is 131 cm³/mol. The van der Waals surface area contributed by atoms with Gasteiger partial charge in [-0.1, -0.05) is 20.3 Å². The van der Waals surface area contributed by atoms with Gasteiger partial charge >= 0.3 is 12.1 Å². The number of aryl methyl sites for hydroxylation is 1. The molecule has 0 bridgehead atoms. The van der Waals surface area contributed by atoms with Gasteiger partial charge in [0.1, 0.15) is 11.5 Å². The maximum atomic E-state index is 12.6. The predicted octanol–water partition coefficient (Wildman–Crippen LogP) is 5.53. The molecule has 0 unspecified atom stereocenters. The maximum absolute atomic E-state index is 12.6. The van der Waals surface area contributed by atoms with E-state index in [1.54, 1.807) is 20.2 Å². The van der Waals surface area contributed by atoms with Crippen LogP contribution in [0.3, 0.4) is 0 Å². The van der Waals surface area contributed by atoms with Gasteiger partial charge in [-0.15, -0.1) is 0 Å². The van der Waals surface area contributed by atoms with Crippen LogP contribution in [-0.4, -0.2) is 43.4 Å². The Labute approximate surface area is 202 Å². The molecule has 0 aromatic heterocycles. The van der Waals surface area contributed by atoms with E-state index in [1.165, 1.54) is 22.1 Å². The van der Waals surface area contributed by atoms with Gasteiger partial charge in [-0.2, -0.15) is 0 Å². The van der Waals surface area contributed by atoms with Gasteiger partial charge < -0.3 is 14.4 Å². The molecule has 0 spiro atoms. The SMILES string of the molecule is CCCCOC(=O)/C=C/c1cc2c(cc1OC(=O)N(C)C)CC[C@@H]1[C@@H]2CC[C@]2(C)C(=O)CC[C@@H]12. The standard InChI is InChI=1S/C28H37NO5/c1-5-6-15-33-26(31)12-8-19-16-22-18(17-24(19)34-27(32)29(3)4)7-9-21-20(22)13-14-28(2)23(21)10-11-25(28)30/h8,12,16-17,20-21,23H,5-7,9-11,13-15H2,1-4H3/b12-8+/t20-,21+,23-,28-/m0/s1. The second kappa shape index (κ2) is 9.93. The monoisotopic (exact) mass is 467 g/mol. The second-order valence-electron chi connectivity index (χ2n) is 10.5. The number of hydrogen-bond donors (Lipinski definition) is 0. The van der Waals surface area contributed by atoms with Crippen LogP contribution >= 0.6 is 0 Å². The van der Waals surface area contributed by atoms with Crippen LogP contribution in [0, 0.1) is 17.3 Å². The molecule has 1 aromatic carbocycles. The molecule has 184 valence electrons. The second-order valence-corrected chi connectivity index (χ2v) is 10.5. The largest absolute Gasteiger partial charge is 0.463 e. The number of nitrogens with zero attached hydrogens (tertiary/aromatic N) is 1. The Hall–Kier alpha value is -2.63. The van der Waals surface area contributed by atoms with Crippen molar-refractivity contribution in [3.8, 4) is 5.75 Å². The summed E-state index contributed by atoms with van der Waals surface area (Å²) in [7, 11) is 3.29. The molecule has 3 aliphatic carbocycles. The average Bonchev–Trinajstić information content (AvgIpc) is 3.12. The van der Waals surface area contributed by atoms with Gasteiger partial charge in [-0.25, -0.2) is 9.59 Å². The normalized spacial score (nSPS) is 27.6. The Kier molecular flexibility index (Phi) is 7.15. The molecule has 0 heterocycles. The van der Waals surface area contributed by atoms with Crippen molar-refractivity contribution >= 4 is 23.9 Å². The third-order valence-corrected chi connectivity index (χ3v) is 8.27. The Morgan fingerprint density at radius 2 is 1.97 bits per heavy atom. The molecule has 0 radical (unpaired) electrons. The molecule has 1 aromatic rings. The fraction of sp³-hybridized carbons (Fsp3) is 0.607. The number of ether oxygens (including phenoxy) is 2. The van der Waals surface area contributed by atoms with Gasteiger partial charge in [-0.05, 0) is 85.6 Å². The first-order valence-electron chi connectivity index (χ1n) is 12.7. The summed E-state index contributed by atoms with van der Waals surface area (Å²) in [6, 6.07) is 4.07. The first-order valence-corrected chi connectivity index (χ1v) is 12.7. The minimum Gasteiger partial charge on any atom is -0.463 e. The van der Waals surface area contributed by atoms with Crippen molar-refractivity contribution in [2.75, 3.05) is 20.7 Å². The number of esters is 1. The molecule has 6 heteroatoms. The van der Waals surface area contributed by atoms with E-state index in [2.05, 4.69) is 13.0 Å². The fourth-order valence-corrected chi connectivity index (χ4v) is 6.31. The molecule has 6 nitrogen and oxygen atoms in total. The highest BCUT2D eigenvalue weighted by molar-refractivity contribution is 5.88. The first-order chi connectivity index (χ1) is 16.2. The van der Waals surface area contributed by atoms with E-state index in [9.17, 15) is 14.4 Å². The number of unbranched alkanes of at least 4 members (excludes halogenated alkanes) is 1. The third-order valence-electron chi connectivity index (χ3n) is 8.27. The Morgan fingerprint density at radius 3 is 2.71 bits per heavy atom. The van der Waals surface area contributed by atoms with Gasteiger partial charge in [0.25, 0.3) is 0 Å². The molecule has 0 N–H and O–H groups in total. The molecule has 4 rings (SSSR count). The zero-order chi connectivity index (χ0) is 24.5. The van der Waals surface area contributed by atoms with Crippen LogP contribution < -0.4 is 4.74 Å². The zero-order valence-corrected chi connectivity index (χ0v) is 20.9. The van der Waals surface area contributed by atoms with Gasteiger partial charge in [0.2, 0.25) is 0 Å². The highest BCUT2D eigenvalue weighted by Gasteiger charge is 2.54. The van der Waals surface area contributed by atoms with Crippen LogP contribution in [0.1, 0.15) is 81.4 Å². The molecule has 2 fully saturated rings. The summed E-state index contributed by atoms with van der Waals surface area (Å²) in [5.74, 6) is 1.86. The minimum absolute atomic E-state index is 0.162. The first kappa shape index (κ1) is 24.5. The minimum atomic E-state index is -0.452. The van der Waals surface area contributed by atoms with Crippen molar-refractivity contribution in [1.82, 2.24) is 4.90 Å². The number of carbonyl (C=O) groups is 3. The molecule has 0 saturated heterocycles. The van der Waals surface area contributed by atoms with Crippen LogP contribution in [0.15, 0.2) is 18.2 Å². The van der Waals surface area contributed by atoms with Crippen LogP contribution in [0.4, 0.5) is 4.79 Å². The summed E-state index contributed by atoms with van der Waals surface area (Å²) in [5, 5.41) is 0. The van der Waals surface area contributed by atoms with Crippen LogP contribution in [0.2, 0.25) is 0 Å². The number of benzene rings is 1. The molecular weight excluding hydrogens is 430 g/mol. The zero-order valence-electron chi connectivity index (χ0n) is 20.9. The lowest BCUT2D eigenvalue weighted by atomic mass is 9.55. The summed E-state index contributed by atoms with van der Waals surface area (Å²) < 4.78 is 10.9. The lowest BCUT2D eigenvalue weighted by molar-refractivity contribution is -0.137. The summed E-state index contributed by atoms with van der Waals surface area (Å²) in [6.07, 6.45) is 10.1. The number of fused-ring (bicyclic) bond motifs is 5. The number of carbonyl (C=O) groups excluding carboxylic acids is 3. The number of rotatable bonds is 6. The van der Waals surface area contributed by atoms with E-state index in [0.717, 1.165) is 44.9 Å². The van der Waals surface area contributed by atoms with Crippen molar-refractivity contribution in [2.45, 2.75) is 71.1 Å². The molecule has 0 aliphatic heterocycles. The van der Waals surface area contributed by atoms with Crippen LogP contribution in [0.5, 0.6) is 5.75 Å². The van der Waals surface area contributed by atoms with Crippen LogP contribution in [0.25, 0.3) is 6.08 Å². The number of hydrogen-bond acceptors (Lipinski definition) is 5. The highest BCUT2D eigenvalue weighted by Crippen LogP contribution is 2.59. The Bertz CT molecular complexity index is 997. The van der Waals surface area contributed by atoms with E-state index in [4.69, 9.17) is 9.47 Å². The summed E-state index contributed by atoms with van der Waals surface area (Å²) >= 11 is 0. The number of ketones is 1. The smallest absolute Gasteiger partial charge is 0.414 e. The number of Topliss-reactive ketones (excluding diaryl/α,β-unsaturated/α-hetero) is 1. The topological polar surface area (TPSA) is 72.9 Å². The van der Waals surface area contributed by atoms with Gasteiger partial charge in [0, 0.05) is 37.6 Å². The average molecular weight is 468 g/mol. The van der Waals surface area contributed by atoms with E-state index >= 15 is 0 Å². The Morgan fingerprint density at radius 1 is 1.18 bits per heavy atom. The highest BCUT2D eigenvalue weighted by atomic mass is 16.6.